The van der Waals surface area contributed by atoms with E-state index < -0.39 is 11.7 Å². The molecule has 24 heavy (non-hydrogen) atoms. The minimum Gasteiger partial charge on any atom is -0.497 e. The molecule has 0 saturated carbocycles. The Morgan fingerprint density at radius 1 is 1.21 bits per heavy atom. The first kappa shape index (κ1) is 18.8. The first-order valence-electron chi connectivity index (χ1n) is 8.50. The van der Waals surface area contributed by atoms with E-state index >= 15 is 0 Å². The molecular formula is C19H30N2O3. The van der Waals surface area contributed by atoms with Gasteiger partial charge in [0.25, 0.3) is 0 Å². The van der Waals surface area contributed by atoms with Gasteiger partial charge < -0.3 is 19.5 Å². The van der Waals surface area contributed by atoms with Crippen LogP contribution in [0.1, 0.15) is 13.8 Å². The van der Waals surface area contributed by atoms with E-state index in [0.29, 0.717) is 13.2 Å². The smallest absolute Gasteiger partial charge is 0.119 e. The first-order chi connectivity index (χ1) is 11.4. The molecule has 1 aliphatic rings. The second-order valence-electron chi connectivity index (χ2n) is 6.76. The molecule has 0 spiro atoms. The number of ether oxygens (including phenoxy) is 2. The molecule has 1 heterocycles. The van der Waals surface area contributed by atoms with Gasteiger partial charge in [-0.2, -0.15) is 0 Å². The van der Waals surface area contributed by atoms with Gasteiger partial charge in [-0.15, -0.1) is 6.58 Å². The molecule has 0 amide bonds. The number of hydrogen-bond acceptors (Lipinski definition) is 5. The molecule has 1 fully saturated rings. The second kappa shape index (κ2) is 8.51. The number of anilines is 1. The van der Waals surface area contributed by atoms with E-state index in [1.165, 1.54) is 5.69 Å². The standard InChI is InChI=1S/C19H30N2O3/c1-5-19(2,3)24-15-17(22)14-20-10-12-21(13-11-20)16-6-8-18(23-4)9-7-16/h5-9,17,22H,1,10-15H2,2-4H3/t17-/m0/s1. The van der Waals surface area contributed by atoms with Crippen molar-refractivity contribution in [2.45, 2.75) is 25.6 Å². The van der Waals surface area contributed by atoms with Crippen molar-refractivity contribution in [3.63, 3.8) is 0 Å². The van der Waals surface area contributed by atoms with E-state index in [4.69, 9.17) is 9.47 Å². The molecular weight excluding hydrogens is 304 g/mol. The number of aliphatic hydroxyl groups excluding tert-OH is 1. The summed E-state index contributed by atoms with van der Waals surface area (Å²) in [6.45, 7) is 12.4. The maximum absolute atomic E-state index is 10.2. The van der Waals surface area contributed by atoms with E-state index in [1.807, 2.05) is 26.0 Å². The van der Waals surface area contributed by atoms with Gasteiger partial charge in [0.1, 0.15) is 5.75 Å². The topological polar surface area (TPSA) is 45.2 Å². The number of β-amino-alcohol motifs (C(OH)–C–C–N with tert-alkyl or cyclic N) is 1. The van der Waals surface area contributed by atoms with Crippen LogP contribution in [0.2, 0.25) is 0 Å². The molecule has 1 aromatic rings. The summed E-state index contributed by atoms with van der Waals surface area (Å²) >= 11 is 0. The molecule has 1 saturated heterocycles. The lowest BCUT2D eigenvalue weighted by atomic mass is 10.1. The number of piperazine rings is 1. The van der Waals surface area contributed by atoms with Crippen molar-refractivity contribution in [3.8, 4) is 5.75 Å². The third-order valence-electron chi connectivity index (χ3n) is 4.42. The number of hydrogen-bond donors (Lipinski definition) is 1. The number of nitrogens with zero attached hydrogens (tertiary/aromatic N) is 2. The Bertz CT molecular complexity index is 508. The summed E-state index contributed by atoms with van der Waals surface area (Å²) in [7, 11) is 1.68. The molecule has 2 rings (SSSR count). The van der Waals surface area contributed by atoms with Gasteiger partial charge in [-0.1, -0.05) is 6.08 Å². The Morgan fingerprint density at radius 2 is 1.83 bits per heavy atom. The molecule has 5 heteroatoms. The second-order valence-corrected chi connectivity index (χ2v) is 6.76. The summed E-state index contributed by atoms with van der Waals surface area (Å²) in [6.07, 6.45) is 1.28. The highest BCUT2D eigenvalue weighted by Gasteiger charge is 2.21. The quantitative estimate of drug-likeness (QED) is 0.738. The third-order valence-corrected chi connectivity index (χ3v) is 4.42. The zero-order chi connectivity index (χ0) is 17.6. The summed E-state index contributed by atoms with van der Waals surface area (Å²) in [4.78, 5) is 4.65. The van der Waals surface area contributed by atoms with Crippen molar-refractivity contribution in [2.24, 2.45) is 0 Å². The summed E-state index contributed by atoms with van der Waals surface area (Å²) < 4.78 is 10.9. The van der Waals surface area contributed by atoms with Crippen LogP contribution >= 0.6 is 0 Å². The SMILES string of the molecule is C=CC(C)(C)OC[C@@H](O)CN1CCN(c2ccc(OC)cc2)CC1. The number of aliphatic hydroxyl groups is 1. The lowest BCUT2D eigenvalue weighted by Crippen LogP contribution is -2.49. The van der Waals surface area contributed by atoms with Crippen LogP contribution in [0.3, 0.4) is 0 Å². The van der Waals surface area contributed by atoms with Crippen molar-refractivity contribution in [1.29, 1.82) is 0 Å². The summed E-state index contributed by atoms with van der Waals surface area (Å²) in [6, 6.07) is 8.16. The zero-order valence-corrected chi connectivity index (χ0v) is 15.1. The van der Waals surface area contributed by atoms with Gasteiger partial charge >= 0.3 is 0 Å². The predicted molar refractivity (Wildman–Crippen MR) is 97.9 cm³/mol. The van der Waals surface area contributed by atoms with Gasteiger partial charge in [0.15, 0.2) is 0 Å². The molecule has 1 aromatic carbocycles. The average molecular weight is 334 g/mol. The van der Waals surface area contributed by atoms with Crippen molar-refractivity contribution in [1.82, 2.24) is 4.90 Å². The van der Waals surface area contributed by atoms with Crippen LogP contribution in [0.5, 0.6) is 5.75 Å². The van der Waals surface area contributed by atoms with E-state index in [2.05, 4.69) is 28.5 Å². The van der Waals surface area contributed by atoms with Gasteiger partial charge in [0, 0.05) is 38.4 Å². The molecule has 5 nitrogen and oxygen atoms in total. The van der Waals surface area contributed by atoms with Crippen LogP contribution in [0.4, 0.5) is 5.69 Å². The fourth-order valence-electron chi connectivity index (χ4n) is 2.70. The molecule has 0 aliphatic carbocycles. The maximum Gasteiger partial charge on any atom is 0.119 e. The molecule has 0 aromatic heterocycles. The minimum absolute atomic E-state index is 0.331. The van der Waals surface area contributed by atoms with E-state index in [-0.39, 0.29) is 0 Å². The van der Waals surface area contributed by atoms with Crippen molar-refractivity contribution < 1.29 is 14.6 Å². The zero-order valence-electron chi connectivity index (χ0n) is 15.1. The Hall–Kier alpha value is -1.56. The highest BCUT2D eigenvalue weighted by molar-refractivity contribution is 5.49. The van der Waals surface area contributed by atoms with Crippen molar-refractivity contribution in [3.05, 3.63) is 36.9 Å². The predicted octanol–water partition coefficient (Wildman–Crippen LogP) is 2.16. The summed E-state index contributed by atoms with van der Waals surface area (Å²) in [5.41, 5.74) is 0.820. The first-order valence-corrected chi connectivity index (χ1v) is 8.50. The Labute approximate surface area is 145 Å². The van der Waals surface area contributed by atoms with Gasteiger partial charge in [0.2, 0.25) is 0 Å². The minimum atomic E-state index is -0.475. The van der Waals surface area contributed by atoms with Crippen molar-refractivity contribution >= 4 is 5.69 Å². The van der Waals surface area contributed by atoms with Gasteiger partial charge in [-0.05, 0) is 38.1 Å². The number of benzene rings is 1. The van der Waals surface area contributed by atoms with Crippen molar-refractivity contribution in [2.75, 3.05) is 51.3 Å². The van der Waals surface area contributed by atoms with E-state index in [9.17, 15) is 5.11 Å². The summed E-state index contributed by atoms with van der Waals surface area (Å²) in [5, 5.41) is 10.2. The molecule has 1 N–H and O–H groups in total. The average Bonchev–Trinajstić information content (AvgIpc) is 2.61. The number of methoxy groups -OCH3 is 1. The van der Waals surface area contributed by atoms with Crippen LogP contribution in [0.25, 0.3) is 0 Å². The lowest BCUT2D eigenvalue weighted by Gasteiger charge is -2.37. The molecule has 1 aliphatic heterocycles. The molecule has 1 atom stereocenters. The Balaban J connectivity index is 1.74. The van der Waals surface area contributed by atoms with E-state index in [0.717, 1.165) is 31.9 Å². The largest absolute Gasteiger partial charge is 0.497 e. The maximum atomic E-state index is 10.2. The van der Waals surface area contributed by atoms with Crippen LogP contribution in [0, 0.1) is 0 Å². The highest BCUT2D eigenvalue weighted by atomic mass is 16.5. The molecule has 0 unspecified atom stereocenters. The van der Waals surface area contributed by atoms with Crippen LogP contribution in [0.15, 0.2) is 36.9 Å². The van der Waals surface area contributed by atoms with E-state index in [1.54, 1.807) is 13.2 Å². The van der Waals surface area contributed by atoms with Crippen LogP contribution in [-0.4, -0.2) is 68.2 Å². The van der Waals surface area contributed by atoms with Gasteiger partial charge in [-0.25, -0.2) is 0 Å². The Morgan fingerprint density at radius 3 is 2.38 bits per heavy atom. The molecule has 0 bridgehead atoms. The molecule has 0 radical (unpaired) electrons. The highest BCUT2D eigenvalue weighted by Crippen LogP contribution is 2.20. The lowest BCUT2D eigenvalue weighted by molar-refractivity contribution is -0.0420. The van der Waals surface area contributed by atoms with Gasteiger partial charge in [-0.3, -0.25) is 4.90 Å². The number of rotatable bonds is 8. The monoisotopic (exact) mass is 334 g/mol. The Kier molecular flexibility index (Phi) is 6.66. The molecule has 134 valence electrons. The van der Waals surface area contributed by atoms with Gasteiger partial charge in [0.05, 0.1) is 25.4 Å². The summed E-state index contributed by atoms with van der Waals surface area (Å²) in [5.74, 6) is 0.878. The van der Waals surface area contributed by atoms with Crippen LogP contribution in [-0.2, 0) is 4.74 Å². The van der Waals surface area contributed by atoms with Crippen LogP contribution < -0.4 is 9.64 Å². The fourth-order valence-corrected chi connectivity index (χ4v) is 2.70. The fraction of sp³-hybridized carbons (Fsp3) is 0.579. The third kappa shape index (κ3) is 5.51. The normalized spacial score (nSPS) is 17.6.